The van der Waals surface area contributed by atoms with Crippen LogP contribution in [0.25, 0.3) is 0 Å². The zero-order valence-electron chi connectivity index (χ0n) is 8.17. The van der Waals surface area contributed by atoms with Crippen LogP contribution in [0.5, 0.6) is 0 Å². The summed E-state index contributed by atoms with van der Waals surface area (Å²) in [5.41, 5.74) is 1.21. The minimum absolute atomic E-state index is 0.573. The first-order chi connectivity index (χ1) is 6.74. The van der Waals surface area contributed by atoms with Crippen molar-refractivity contribution in [3.63, 3.8) is 0 Å². The summed E-state index contributed by atoms with van der Waals surface area (Å²) in [4.78, 5) is 0. The van der Waals surface area contributed by atoms with Crippen LogP contribution < -0.4 is 0 Å². The number of halogens is 2. The van der Waals surface area contributed by atoms with Crippen LogP contribution in [0, 0.1) is 5.92 Å². The summed E-state index contributed by atoms with van der Waals surface area (Å²) >= 11 is 13.6. The number of hydrogen-bond acceptors (Lipinski definition) is 1. The Morgan fingerprint density at radius 1 is 1.36 bits per heavy atom. The summed E-state index contributed by atoms with van der Waals surface area (Å²) in [5.74, 6) is 3.37. The summed E-state index contributed by atoms with van der Waals surface area (Å²) in [6.07, 6.45) is 0. The number of benzene rings is 1. The lowest BCUT2D eigenvalue weighted by atomic mass is 10.2. The van der Waals surface area contributed by atoms with Crippen molar-refractivity contribution in [3.8, 4) is 0 Å². The highest BCUT2D eigenvalue weighted by atomic mass is 35.5. The average Bonchev–Trinajstić information content (AvgIpc) is 2.20. The lowest BCUT2D eigenvalue weighted by molar-refractivity contribution is 0.759. The third-order valence-corrected chi connectivity index (χ3v) is 4.10. The van der Waals surface area contributed by atoms with Crippen molar-refractivity contribution < 1.29 is 0 Å². The van der Waals surface area contributed by atoms with E-state index in [0.29, 0.717) is 5.92 Å². The van der Waals surface area contributed by atoms with Gasteiger partial charge in [-0.05, 0) is 23.3 Å². The van der Waals surface area contributed by atoms with Crippen LogP contribution in [0.2, 0.25) is 5.02 Å². The predicted octanol–water partition coefficient (Wildman–Crippen LogP) is 4.45. The van der Waals surface area contributed by atoms with E-state index in [2.05, 4.69) is 13.0 Å². The van der Waals surface area contributed by atoms with E-state index in [1.807, 2.05) is 30.0 Å². The Bertz CT molecular complexity index is 276. The summed E-state index contributed by atoms with van der Waals surface area (Å²) < 4.78 is 0. The van der Waals surface area contributed by atoms with E-state index in [9.17, 15) is 0 Å². The van der Waals surface area contributed by atoms with Crippen LogP contribution in [0.15, 0.2) is 24.3 Å². The molecule has 0 N–H and O–H groups in total. The number of alkyl halides is 1. The van der Waals surface area contributed by atoms with Crippen molar-refractivity contribution >= 4 is 35.0 Å². The van der Waals surface area contributed by atoms with E-state index in [-0.39, 0.29) is 0 Å². The molecule has 14 heavy (non-hydrogen) atoms. The number of rotatable bonds is 5. The lowest BCUT2D eigenvalue weighted by Gasteiger charge is -2.07. The van der Waals surface area contributed by atoms with Crippen molar-refractivity contribution in [2.45, 2.75) is 12.7 Å². The molecule has 0 amide bonds. The quantitative estimate of drug-likeness (QED) is 0.695. The normalized spacial score (nSPS) is 12.8. The Hall–Kier alpha value is 0.150. The minimum Gasteiger partial charge on any atom is -0.157 e. The van der Waals surface area contributed by atoms with Gasteiger partial charge in [0.1, 0.15) is 0 Å². The molecular formula is C11H14Cl2S. The van der Waals surface area contributed by atoms with Gasteiger partial charge in [0.15, 0.2) is 0 Å². The maximum Gasteiger partial charge on any atom is 0.0446 e. The summed E-state index contributed by atoms with van der Waals surface area (Å²) in [5, 5.41) is 0.860. The molecule has 1 aromatic rings. The highest BCUT2D eigenvalue weighted by molar-refractivity contribution is 7.98. The molecule has 1 rings (SSSR count). The standard InChI is InChI=1S/C11H14Cl2S/c1-9(6-12)7-14-8-10-4-2-3-5-11(10)13/h2-5,9H,6-8H2,1H3. The Morgan fingerprint density at radius 3 is 2.71 bits per heavy atom. The van der Waals surface area contributed by atoms with Gasteiger partial charge in [-0.3, -0.25) is 0 Å². The molecule has 0 bridgehead atoms. The zero-order valence-corrected chi connectivity index (χ0v) is 10.5. The van der Waals surface area contributed by atoms with E-state index in [4.69, 9.17) is 23.2 Å². The minimum atomic E-state index is 0.573. The van der Waals surface area contributed by atoms with Gasteiger partial charge in [-0.15, -0.1) is 11.6 Å². The Balaban J connectivity index is 2.35. The molecule has 0 radical (unpaired) electrons. The first kappa shape index (κ1) is 12.2. The van der Waals surface area contributed by atoms with E-state index in [0.717, 1.165) is 22.4 Å². The monoisotopic (exact) mass is 248 g/mol. The molecule has 0 aromatic heterocycles. The summed E-state index contributed by atoms with van der Waals surface area (Å²) in [6.45, 7) is 2.16. The first-order valence-corrected chi connectivity index (χ1v) is 6.68. The van der Waals surface area contributed by atoms with Crippen LogP contribution in [-0.2, 0) is 5.75 Å². The van der Waals surface area contributed by atoms with Crippen molar-refractivity contribution in [2.75, 3.05) is 11.6 Å². The van der Waals surface area contributed by atoms with Gasteiger partial charge in [0, 0.05) is 16.7 Å². The van der Waals surface area contributed by atoms with Gasteiger partial charge in [0.05, 0.1) is 0 Å². The molecule has 0 fully saturated rings. The van der Waals surface area contributed by atoms with Crippen LogP contribution >= 0.6 is 35.0 Å². The Morgan fingerprint density at radius 2 is 2.07 bits per heavy atom. The molecule has 0 spiro atoms. The molecule has 0 aliphatic heterocycles. The molecular weight excluding hydrogens is 235 g/mol. The van der Waals surface area contributed by atoms with Gasteiger partial charge < -0.3 is 0 Å². The maximum absolute atomic E-state index is 6.03. The topological polar surface area (TPSA) is 0 Å². The predicted molar refractivity (Wildman–Crippen MR) is 67.5 cm³/mol. The number of hydrogen-bond donors (Lipinski definition) is 0. The molecule has 0 saturated heterocycles. The molecule has 1 aromatic carbocycles. The van der Waals surface area contributed by atoms with Crippen molar-refractivity contribution in [2.24, 2.45) is 5.92 Å². The molecule has 1 atom stereocenters. The average molecular weight is 249 g/mol. The highest BCUT2D eigenvalue weighted by Crippen LogP contribution is 2.22. The molecule has 1 unspecified atom stereocenters. The molecule has 0 aliphatic rings. The van der Waals surface area contributed by atoms with Crippen molar-refractivity contribution in [3.05, 3.63) is 34.9 Å². The van der Waals surface area contributed by atoms with E-state index in [1.54, 1.807) is 0 Å². The first-order valence-electron chi connectivity index (χ1n) is 4.61. The Labute approximate surface area is 100.0 Å². The number of thioether (sulfide) groups is 1. The second-order valence-corrected chi connectivity index (χ2v) is 5.11. The molecule has 0 nitrogen and oxygen atoms in total. The van der Waals surface area contributed by atoms with E-state index < -0.39 is 0 Å². The molecule has 0 aliphatic carbocycles. The van der Waals surface area contributed by atoms with Gasteiger partial charge in [-0.1, -0.05) is 36.7 Å². The fraction of sp³-hybridized carbons (Fsp3) is 0.455. The fourth-order valence-corrected chi connectivity index (χ4v) is 2.66. The largest absolute Gasteiger partial charge is 0.157 e. The second-order valence-electron chi connectivity index (χ2n) is 3.37. The van der Waals surface area contributed by atoms with Crippen LogP contribution in [0.4, 0.5) is 0 Å². The van der Waals surface area contributed by atoms with E-state index >= 15 is 0 Å². The molecule has 0 saturated carbocycles. The second kappa shape index (κ2) is 6.60. The van der Waals surface area contributed by atoms with Crippen molar-refractivity contribution in [1.29, 1.82) is 0 Å². The summed E-state index contributed by atoms with van der Waals surface area (Å²) in [7, 11) is 0. The zero-order chi connectivity index (χ0) is 10.4. The summed E-state index contributed by atoms with van der Waals surface area (Å²) in [6, 6.07) is 7.98. The SMILES string of the molecule is CC(CCl)CSCc1ccccc1Cl. The molecule has 0 heterocycles. The van der Waals surface area contributed by atoms with Crippen molar-refractivity contribution in [1.82, 2.24) is 0 Å². The molecule has 3 heteroatoms. The maximum atomic E-state index is 6.03. The van der Waals surface area contributed by atoms with Crippen LogP contribution in [-0.4, -0.2) is 11.6 Å². The van der Waals surface area contributed by atoms with Gasteiger partial charge >= 0.3 is 0 Å². The third kappa shape index (κ3) is 4.12. The van der Waals surface area contributed by atoms with Crippen LogP contribution in [0.1, 0.15) is 12.5 Å². The van der Waals surface area contributed by atoms with E-state index in [1.165, 1.54) is 5.56 Å². The molecule has 78 valence electrons. The van der Waals surface area contributed by atoms with Crippen LogP contribution in [0.3, 0.4) is 0 Å². The van der Waals surface area contributed by atoms with Gasteiger partial charge in [0.2, 0.25) is 0 Å². The smallest absolute Gasteiger partial charge is 0.0446 e. The van der Waals surface area contributed by atoms with Gasteiger partial charge in [-0.25, -0.2) is 0 Å². The van der Waals surface area contributed by atoms with Gasteiger partial charge in [0.25, 0.3) is 0 Å². The third-order valence-electron chi connectivity index (χ3n) is 1.88. The van der Waals surface area contributed by atoms with Gasteiger partial charge in [-0.2, -0.15) is 11.8 Å². The highest BCUT2D eigenvalue weighted by Gasteiger charge is 2.02. The lowest BCUT2D eigenvalue weighted by Crippen LogP contribution is -1.99. The fourth-order valence-electron chi connectivity index (χ4n) is 1.03. The Kier molecular flexibility index (Phi) is 5.76.